The fraction of sp³-hybridized carbons (Fsp3) is 1.00. The molecule has 0 radical (unpaired) electrons. The number of hydrogen-bond donors (Lipinski definition) is 1. The molecule has 2 nitrogen and oxygen atoms in total. The first-order valence-electron chi connectivity index (χ1n) is 8.32. The van der Waals surface area contributed by atoms with Gasteiger partial charge in [0.1, 0.15) is 0 Å². The molecule has 3 fully saturated rings. The van der Waals surface area contributed by atoms with Crippen LogP contribution in [0.25, 0.3) is 0 Å². The Morgan fingerprint density at radius 2 is 1.67 bits per heavy atom. The van der Waals surface area contributed by atoms with Crippen molar-refractivity contribution in [1.82, 2.24) is 10.2 Å². The predicted molar refractivity (Wildman–Crippen MR) is 76.8 cm³/mol. The molecule has 0 atom stereocenters. The van der Waals surface area contributed by atoms with E-state index in [1.165, 1.54) is 90.4 Å². The maximum absolute atomic E-state index is 3.62. The highest BCUT2D eigenvalue weighted by Crippen LogP contribution is 2.46. The van der Waals surface area contributed by atoms with Gasteiger partial charge in [-0.15, -0.1) is 0 Å². The molecule has 0 bridgehead atoms. The molecule has 18 heavy (non-hydrogen) atoms. The van der Waals surface area contributed by atoms with E-state index >= 15 is 0 Å². The van der Waals surface area contributed by atoms with E-state index in [9.17, 15) is 0 Å². The Balaban J connectivity index is 1.25. The van der Waals surface area contributed by atoms with Crippen molar-refractivity contribution in [2.45, 2.75) is 70.3 Å². The van der Waals surface area contributed by atoms with Gasteiger partial charge in [0, 0.05) is 6.04 Å². The zero-order valence-corrected chi connectivity index (χ0v) is 11.9. The van der Waals surface area contributed by atoms with Crippen LogP contribution in [0.15, 0.2) is 0 Å². The summed E-state index contributed by atoms with van der Waals surface area (Å²) < 4.78 is 0. The van der Waals surface area contributed by atoms with Crippen LogP contribution in [0, 0.1) is 5.41 Å². The molecular formula is C16H30N2. The third-order valence-electron chi connectivity index (χ3n) is 5.49. The lowest BCUT2D eigenvalue weighted by molar-refractivity contribution is 0.107. The molecular weight excluding hydrogens is 220 g/mol. The Morgan fingerprint density at radius 1 is 0.944 bits per heavy atom. The normalized spacial score (nSPS) is 28.0. The predicted octanol–water partition coefficient (Wildman–Crippen LogP) is 3.17. The second kappa shape index (κ2) is 5.92. The van der Waals surface area contributed by atoms with Crippen molar-refractivity contribution >= 4 is 0 Å². The maximum Gasteiger partial charge on any atom is 0.00682 e. The van der Waals surface area contributed by atoms with Crippen molar-refractivity contribution < 1.29 is 0 Å². The molecule has 0 aromatic carbocycles. The Labute approximate surface area is 113 Å². The molecule has 1 saturated heterocycles. The van der Waals surface area contributed by atoms with Gasteiger partial charge in [0.05, 0.1) is 0 Å². The van der Waals surface area contributed by atoms with E-state index in [1.54, 1.807) is 0 Å². The minimum absolute atomic E-state index is 0.796. The van der Waals surface area contributed by atoms with Crippen molar-refractivity contribution in [3.8, 4) is 0 Å². The van der Waals surface area contributed by atoms with E-state index < -0.39 is 0 Å². The van der Waals surface area contributed by atoms with E-state index in [-0.39, 0.29) is 0 Å². The minimum atomic E-state index is 0.796. The molecule has 3 aliphatic rings. The van der Waals surface area contributed by atoms with Gasteiger partial charge >= 0.3 is 0 Å². The summed E-state index contributed by atoms with van der Waals surface area (Å²) in [4.78, 5) is 2.72. The van der Waals surface area contributed by atoms with Crippen LogP contribution in [0.4, 0.5) is 0 Å². The van der Waals surface area contributed by atoms with Crippen molar-refractivity contribution in [3.63, 3.8) is 0 Å². The molecule has 2 saturated carbocycles. The smallest absolute Gasteiger partial charge is 0.00682 e. The van der Waals surface area contributed by atoms with Crippen LogP contribution in [-0.2, 0) is 0 Å². The van der Waals surface area contributed by atoms with E-state index in [0.29, 0.717) is 0 Å². The molecule has 0 aromatic rings. The van der Waals surface area contributed by atoms with Gasteiger partial charge in [-0.3, -0.25) is 0 Å². The van der Waals surface area contributed by atoms with Gasteiger partial charge in [0.15, 0.2) is 0 Å². The summed E-state index contributed by atoms with van der Waals surface area (Å²) in [7, 11) is 0. The van der Waals surface area contributed by atoms with Crippen LogP contribution in [0.3, 0.4) is 0 Å². The fourth-order valence-corrected chi connectivity index (χ4v) is 3.93. The van der Waals surface area contributed by atoms with Crippen LogP contribution < -0.4 is 5.32 Å². The Morgan fingerprint density at radius 3 is 2.33 bits per heavy atom. The second-order valence-electron chi connectivity index (χ2n) is 6.98. The van der Waals surface area contributed by atoms with Gasteiger partial charge in [0.25, 0.3) is 0 Å². The second-order valence-corrected chi connectivity index (χ2v) is 6.98. The van der Waals surface area contributed by atoms with Crippen LogP contribution in [0.1, 0.15) is 64.2 Å². The number of likely N-dealkylation sites (tertiary alicyclic amines) is 1. The molecule has 1 aliphatic heterocycles. The van der Waals surface area contributed by atoms with Crippen molar-refractivity contribution in [2.24, 2.45) is 5.41 Å². The molecule has 3 rings (SSSR count). The fourth-order valence-electron chi connectivity index (χ4n) is 3.93. The number of hydrogen-bond acceptors (Lipinski definition) is 2. The summed E-state index contributed by atoms with van der Waals surface area (Å²) in [5, 5.41) is 3.62. The van der Waals surface area contributed by atoms with Gasteiger partial charge in [-0.2, -0.15) is 0 Å². The number of piperidine rings is 1. The highest BCUT2D eigenvalue weighted by molar-refractivity contribution is 4.89. The summed E-state index contributed by atoms with van der Waals surface area (Å²) in [5.74, 6) is 0. The van der Waals surface area contributed by atoms with Crippen LogP contribution >= 0.6 is 0 Å². The van der Waals surface area contributed by atoms with Gasteiger partial charge in [0.2, 0.25) is 0 Å². The van der Waals surface area contributed by atoms with Gasteiger partial charge in [-0.05, 0) is 83.0 Å². The average molecular weight is 250 g/mol. The largest absolute Gasteiger partial charge is 0.314 e. The first-order valence-corrected chi connectivity index (χ1v) is 8.32. The Bertz CT molecular complexity index is 244. The SMILES string of the molecule is C(CCN1CCC2(CCCC2)CC1)CNC1CC1. The maximum atomic E-state index is 3.62. The molecule has 1 heterocycles. The topological polar surface area (TPSA) is 15.3 Å². The molecule has 0 amide bonds. The van der Waals surface area contributed by atoms with Crippen LogP contribution in [0.2, 0.25) is 0 Å². The third kappa shape index (κ3) is 3.48. The first-order chi connectivity index (χ1) is 8.86. The quantitative estimate of drug-likeness (QED) is 0.728. The summed E-state index contributed by atoms with van der Waals surface area (Å²) >= 11 is 0. The number of rotatable bonds is 6. The number of unbranched alkanes of at least 4 members (excludes halogenated alkanes) is 1. The Hall–Kier alpha value is -0.0800. The molecule has 0 unspecified atom stereocenters. The lowest BCUT2D eigenvalue weighted by Crippen LogP contribution is -2.39. The van der Waals surface area contributed by atoms with Crippen molar-refractivity contribution in [3.05, 3.63) is 0 Å². The highest BCUT2D eigenvalue weighted by atomic mass is 15.1. The van der Waals surface area contributed by atoms with Crippen molar-refractivity contribution in [1.29, 1.82) is 0 Å². The summed E-state index contributed by atoms with van der Waals surface area (Å²) in [6.07, 6.45) is 14.7. The molecule has 2 heteroatoms. The van der Waals surface area contributed by atoms with Gasteiger partial charge in [-0.25, -0.2) is 0 Å². The molecule has 104 valence electrons. The zero-order valence-electron chi connectivity index (χ0n) is 11.9. The molecule has 0 aromatic heterocycles. The minimum Gasteiger partial charge on any atom is -0.314 e. The molecule has 1 spiro atoms. The van der Waals surface area contributed by atoms with Crippen LogP contribution in [-0.4, -0.2) is 37.1 Å². The summed E-state index contributed by atoms with van der Waals surface area (Å²) in [6.45, 7) is 5.37. The third-order valence-corrected chi connectivity index (χ3v) is 5.49. The average Bonchev–Trinajstić information content (AvgIpc) is 3.12. The molecule has 2 aliphatic carbocycles. The summed E-state index contributed by atoms with van der Waals surface area (Å²) in [5.41, 5.74) is 0.796. The van der Waals surface area contributed by atoms with Crippen LogP contribution in [0.5, 0.6) is 0 Å². The highest BCUT2D eigenvalue weighted by Gasteiger charge is 2.36. The van der Waals surface area contributed by atoms with E-state index in [1.807, 2.05) is 0 Å². The van der Waals surface area contributed by atoms with Crippen molar-refractivity contribution in [2.75, 3.05) is 26.2 Å². The number of nitrogens with zero attached hydrogens (tertiary/aromatic N) is 1. The summed E-state index contributed by atoms with van der Waals surface area (Å²) in [6, 6.07) is 0.891. The van der Waals surface area contributed by atoms with E-state index in [2.05, 4.69) is 10.2 Å². The first kappa shape index (κ1) is 12.9. The van der Waals surface area contributed by atoms with Gasteiger partial charge < -0.3 is 10.2 Å². The molecule has 1 N–H and O–H groups in total. The zero-order chi connectivity index (χ0) is 12.3. The number of nitrogens with one attached hydrogen (secondary N) is 1. The Kier molecular flexibility index (Phi) is 4.25. The monoisotopic (exact) mass is 250 g/mol. The standard InChI is InChI=1S/C16H30N2/c1-2-8-16(7-1)9-13-18(14-10-16)12-4-3-11-17-15-5-6-15/h15,17H,1-14H2. The lowest BCUT2D eigenvalue weighted by Gasteiger charge is -2.39. The van der Waals surface area contributed by atoms with E-state index in [0.717, 1.165) is 11.5 Å². The van der Waals surface area contributed by atoms with Gasteiger partial charge in [-0.1, -0.05) is 12.8 Å². The van der Waals surface area contributed by atoms with E-state index in [4.69, 9.17) is 0 Å². The lowest BCUT2D eigenvalue weighted by atomic mass is 9.77.